The van der Waals surface area contributed by atoms with Crippen molar-refractivity contribution in [3.8, 4) is 5.75 Å². The van der Waals surface area contributed by atoms with E-state index >= 15 is 0 Å². The zero-order valence-electron chi connectivity index (χ0n) is 12.2. The Morgan fingerprint density at radius 2 is 2.04 bits per heavy atom. The van der Waals surface area contributed by atoms with E-state index in [1.54, 1.807) is 0 Å². The smallest absolute Gasteiger partial charge is 0.281 e. The molecule has 2 aliphatic rings. The highest BCUT2D eigenvalue weighted by Crippen LogP contribution is 2.19. The fourth-order valence-corrected chi connectivity index (χ4v) is 2.32. The van der Waals surface area contributed by atoms with E-state index in [4.69, 9.17) is 11.5 Å². The second kappa shape index (κ2) is 5.57. The molecule has 24 heavy (non-hydrogen) atoms. The average Bonchev–Trinajstić information content (AvgIpc) is 2.90. The maximum atomic E-state index is 12.4. The number of primary amides is 1. The zero-order chi connectivity index (χ0) is 17.4. The topological polar surface area (TPSA) is 164 Å². The summed E-state index contributed by atoms with van der Waals surface area (Å²) >= 11 is 0. The molecule has 1 aromatic rings. The molecule has 3 rings (SSSR count). The molecule has 1 unspecified atom stereocenters. The molecule has 10 heteroatoms. The summed E-state index contributed by atoms with van der Waals surface area (Å²) in [5, 5.41) is 9.56. The molecule has 10 nitrogen and oxygen atoms in total. The first-order valence-electron chi connectivity index (χ1n) is 6.79. The first kappa shape index (κ1) is 15.3. The molecule has 0 radical (unpaired) electrons. The van der Waals surface area contributed by atoms with Crippen LogP contribution >= 0.6 is 0 Å². The van der Waals surface area contributed by atoms with E-state index < -0.39 is 17.9 Å². The van der Waals surface area contributed by atoms with Crippen molar-refractivity contribution in [3.05, 3.63) is 29.3 Å². The number of guanidine groups is 1. The number of rotatable bonds is 4. The van der Waals surface area contributed by atoms with Crippen molar-refractivity contribution < 1.29 is 19.5 Å². The van der Waals surface area contributed by atoms with Gasteiger partial charge in [-0.2, -0.15) is 9.98 Å². The van der Waals surface area contributed by atoms with Crippen LogP contribution in [-0.2, 0) is 4.79 Å². The van der Waals surface area contributed by atoms with Crippen molar-refractivity contribution in [2.45, 2.75) is 6.04 Å². The highest BCUT2D eigenvalue weighted by molar-refractivity contribution is 6.22. The Labute approximate surface area is 135 Å². The van der Waals surface area contributed by atoms with Crippen LogP contribution in [0.3, 0.4) is 0 Å². The molecule has 0 spiro atoms. The van der Waals surface area contributed by atoms with Gasteiger partial charge >= 0.3 is 0 Å². The summed E-state index contributed by atoms with van der Waals surface area (Å²) in [6.45, 7) is -0.178. The summed E-state index contributed by atoms with van der Waals surface area (Å²) in [5.74, 6) is -2.08. The van der Waals surface area contributed by atoms with Crippen LogP contribution in [-0.4, -0.2) is 58.3 Å². The number of benzene rings is 1. The Bertz CT molecular complexity index is 857. The van der Waals surface area contributed by atoms with Gasteiger partial charge < -0.3 is 21.5 Å². The number of carbonyl (C=O) groups excluding carboxylic acids is 3. The largest absolute Gasteiger partial charge is 0.507 e. The second-order valence-electron chi connectivity index (χ2n) is 5.09. The number of aromatic hydroxyl groups is 1. The second-order valence-corrected chi connectivity index (χ2v) is 5.09. The predicted octanol–water partition coefficient (Wildman–Crippen LogP) is -1.36. The molecule has 0 aliphatic carbocycles. The first-order chi connectivity index (χ1) is 11.4. The fraction of sp³-hybridized carbons (Fsp3) is 0.143. The molecule has 1 atom stereocenters. The molecular weight excluding hydrogens is 316 g/mol. The fourth-order valence-electron chi connectivity index (χ4n) is 2.32. The number of ketones is 1. The number of phenols is 1. The number of hydrogen-bond acceptors (Lipinski definition) is 8. The number of amides is 2. The van der Waals surface area contributed by atoms with Gasteiger partial charge in [-0.05, 0) is 18.2 Å². The van der Waals surface area contributed by atoms with Crippen LogP contribution in [0.1, 0.15) is 20.7 Å². The van der Waals surface area contributed by atoms with Crippen LogP contribution in [0, 0.1) is 0 Å². The molecule has 1 aromatic carbocycles. The lowest BCUT2D eigenvalue weighted by Crippen LogP contribution is -2.42. The number of hydrogen-bond donors (Lipinski definition) is 3. The van der Waals surface area contributed by atoms with E-state index in [2.05, 4.69) is 15.0 Å². The Balaban J connectivity index is 1.82. The van der Waals surface area contributed by atoms with Crippen molar-refractivity contribution in [1.29, 1.82) is 0 Å². The van der Waals surface area contributed by atoms with Gasteiger partial charge in [-0.25, -0.2) is 0 Å². The quantitative estimate of drug-likeness (QED) is 0.578. The van der Waals surface area contributed by atoms with Crippen LogP contribution in [0.15, 0.2) is 33.2 Å². The van der Waals surface area contributed by atoms with Crippen LogP contribution in [0.5, 0.6) is 5.75 Å². The van der Waals surface area contributed by atoms with Crippen LogP contribution in [0.4, 0.5) is 0 Å². The highest BCUT2D eigenvalue weighted by Gasteiger charge is 2.36. The van der Waals surface area contributed by atoms with Gasteiger partial charge in [-0.1, -0.05) is 0 Å². The molecule has 5 N–H and O–H groups in total. The molecule has 0 bridgehead atoms. The van der Waals surface area contributed by atoms with Gasteiger partial charge in [-0.15, -0.1) is 0 Å². The normalized spacial score (nSPS) is 18.9. The first-order valence-corrected chi connectivity index (χ1v) is 6.79. The molecule has 2 aliphatic heterocycles. The molecule has 0 fully saturated rings. The lowest BCUT2D eigenvalue weighted by atomic mass is 10.1. The third kappa shape index (κ3) is 2.60. The number of nitrogens with two attached hydrogens (primary N) is 2. The number of amidine groups is 1. The molecule has 0 saturated heterocycles. The van der Waals surface area contributed by atoms with Crippen LogP contribution in [0.2, 0.25) is 0 Å². The van der Waals surface area contributed by atoms with E-state index in [-0.39, 0.29) is 41.0 Å². The van der Waals surface area contributed by atoms with E-state index in [0.29, 0.717) is 0 Å². The van der Waals surface area contributed by atoms with Crippen molar-refractivity contribution in [2.24, 2.45) is 26.4 Å². The van der Waals surface area contributed by atoms with E-state index in [9.17, 15) is 19.5 Å². The van der Waals surface area contributed by atoms with Gasteiger partial charge in [0.15, 0.2) is 11.8 Å². The Morgan fingerprint density at radius 3 is 2.75 bits per heavy atom. The summed E-state index contributed by atoms with van der Waals surface area (Å²) in [7, 11) is 0. The monoisotopic (exact) mass is 328 g/mol. The standard InChI is InChI=1S/C14H12N6O4/c15-11(23)7-3-6(1-2-8(7)21)9(22)4-20-5-17-10-12(20)18-14(16)19-13(10)24/h1-3,5,10,21H,4H2,(H2,15,23)(H2,16,19,24). The van der Waals surface area contributed by atoms with Gasteiger partial charge in [0, 0.05) is 5.56 Å². The molecule has 0 saturated carbocycles. The number of aliphatic imine (C=N–C) groups is 3. The summed E-state index contributed by atoms with van der Waals surface area (Å²) in [4.78, 5) is 48.1. The van der Waals surface area contributed by atoms with Gasteiger partial charge in [0.2, 0.25) is 5.96 Å². The lowest BCUT2D eigenvalue weighted by molar-refractivity contribution is -0.117. The lowest BCUT2D eigenvalue weighted by Gasteiger charge is -2.19. The summed E-state index contributed by atoms with van der Waals surface area (Å²) < 4.78 is 0. The maximum absolute atomic E-state index is 12.4. The number of carbonyl (C=O) groups is 3. The third-order valence-electron chi connectivity index (χ3n) is 3.48. The number of fused-ring (bicyclic) bond motifs is 1. The number of nitrogens with zero attached hydrogens (tertiary/aromatic N) is 4. The maximum Gasteiger partial charge on any atom is 0.281 e. The average molecular weight is 328 g/mol. The minimum atomic E-state index is -0.897. The third-order valence-corrected chi connectivity index (χ3v) is 3.48. The van der Waals surface area contributed by atoms with Gasteiger partial charge in [0.1, 0.15) is 11.6 Å². The van der Waals surface area contributed by atoms with Crippen LogP contribution < -0.4 is 11.5 Å². The predicted molar refractivity (Wildman–Crippen MR) is 84.0 cm³/mol. The molecule has 2 amide bonds. The Morgan fingerprint density at radius 1 is 1.29 bits per heavy atom. The molecule has 2 heterocycles. The summed E-state index contributed by atoms with van der Waals surface area (Å²) in [6, 6.07) is 2.87. The SMILES string of the molecule is NC(=O)c1cc(C(=O)CN2C=NC3C(=O)N=C(N)N=C32)ccc1O. The Kier molecular flexibility index (Phi) is 3.56. The minimum absolute atomic E-state index is 0.157. The van der Waals surface area contributed by atoms with E-state index in [0.717, 1.165) is 0 Å². The van der Waals surface area contributed by atoms with Crippen molar-refractivity contribution in [2.75, 3.05) is 6.54 Å². The van der Waals surface area contributed by atoms with Crippen molar-refractivity contribution in [1.82, 2.24) is 4.90 Å². The van der Waals surface area contributed by atoms with Crippen molar-refractivity contribution in [3.63, 3.8) is 0 Å². The minimum Gasteiger partial charge on any atom is -0.507 e. The summed E-state index contributed by atoms with van der Waals surface area (Å²) in [5.41, 5.74) is 10.6. The van der Waals surface area contributed by atoms with Gasteiger partial charge in [-0.3, -0.25) is 19.4 Å². The zero-order valence-corrected chi connectivity index (χ0v) is 12.2. The van der Waals surface area contributed by atoms with E-state index in [1.807, 2.05) is 0 Å². The number of Topliss-reactive ketones (excluding diaryl/α,β-unsaturated/α-hetero) is 1. The molecule has 0 aromatic heterocycles. The molecule has 122 valence electrons. The van der Waals surface area contributed by atoms with Crippen LogP contribution in [0.25, 0.3) is 0 Å². The Hall–Kier alpha value is -3.56. The van der Waals surface area contributed by atoms with E-state index in [1.165, 1.54) is 29.4 Å². The molecular formula is C14H12N6O4. The summed E-state index contributed by atoms with van der Waals surface area (Å²) in [6.07, 6.45) is 1.31. The van der Waals surface area contributed by atoms with Crippen molar-refractivity contribution >= 4 is 35.7 Å². The highest BCUT2D eigenvalue weighted by atomic mass is 16.3. The van der Waals surface area contributed by atoms with Gasteiger partial charge in [0.05, 0.1) is 18.4 Å². The van der Waals surface area contributed by atoms with Gasteiger partial charge in [0.25, 0.3) is 11.8 Å².